The highest BCUT2D eigenvalue weighted by Gasteiger charge is 2.36. The summed E-state index contributed by atoms with van der Waals surface area (Å²) in [6.45, 7) is 3.20. The number of aromatic nitrogens is 3. The molecule has 0 aromatic carbocycles. The third kappa shape index (κ3) is 3.46. The molecule has 1 aliphatic rings. The lowest BCUT2D eigenvalue weighted by atomic mass is 10.1. The summed E-state index contributed by atoms with van der Waals surface area (Å²) in [5.74, 6) is 0.189. The molecule has 0 unspecified atom stereocenters. The summed E-state index contributed by atoms with van der Waals surface area (Å²) >= 11 is 0. The van der Waals surface area contributed by atoms with Crippen LogP contribution in [-0.4, -0.2) is 47.0 Å². The fourth-order valence-corrected chi connectivity index (χ4v) is 2.59. The van der Waals surface area contributed by atoms with E-state index < -0.39 is 5.92 Å². The number of hydrogen-bond donors (Lipinski definition) is 1. The molecule has 1 fully saturated rings. The third-order valence-corrected chi connectivity index (χ3v) is 3.83. The predicted octanol–water partition coefficient (Wildman–Crippen LogP) is 0.818. The molecule has 2 aromatic heterocycles. The van der Waals surface area contributed by atoms with Crippen molar-refractivity contribution in [1.29, 1.82) is 0 Å². The normalized spacial score (nSPS) is 17.5. The van der Waals surface area contributed by atoms with Crippen LogP contribution in [-0.2, 0) is 20.9 Å². The van der Waals surface area contributed by atoms with Crippen LogP contribution >= 0.6 is 0 Å². The van der Waals surface area contributed by atoms with E-state index >= 15 is 0 Å². The lowest BCUT2D eigenvalue weighted by molar-refractivity contribution is -0.122. The Kier molecular flexibility index (Phi) is 4.61. The van der Waals surface area contributed by atoms with E-state index in [1.165, 1.54) is 0 Å². The Morgan fingerprint density at radius 3 is 3.08 bits per heavy atom. The summed E-state index contributed by atoms with van der Waals surface area (Å²) in [4.78, 5) is 26.1. The zero-order valence-electron chi connectivity index (χ0n) is 13.6. The number of carbonyl (C=O) groups excluding carboxylic acids is 2. The van der Waals surface area contributed by atoms with E-state index in [0.29, 0.717) is 37.0 Å². The molecule has 24 heavy (non-hydrogen) atoms. The molecule has 0 aliphatic carbocycles. The Hall–Kier alpha value is -2.68. The van der Waals surface area contributed by atoms with Gasteiger partial charge in [0.1, 0.15) is 5.76 Å². The molecule has 2 amide bonds. The van der Waals surface area contributed by atoms with Crippen molar-refractivity contribution in [2.75, 3.05) is 30.5 Å². The van der Waals surface area contributed by atoms with Crippen molar-refractivity contribution in [2.24, 2.45) is 5.92 Å². The fourth-order valence-electron chi connectivity index (χ4n) is 2.59. The van der Waals surface area contributed by atoms with Crippen molar-refractivity contribution >= 4 is 23.3 Å². The second kappa shape index (κ2) is 6.83. The van der Waals surface area contributed by atoms with Crippen molar-refractivity contribution in [3.63, 3.8) is 0 Å². The molecule has 3 rings (SSSR count). The van der Waals surface area contributed by atoms with Gasteiger partial charge in [-0.05, 0) is 6.92 Å². The minimum atomic E-state index is -0.433. The van der Waals surface area contributed by atoms with Crippen molar-refractivity contribution in [3.8, 4) is 0 Å². The molecule has 0 bridgehead atoms. The highest BCUT2D eigenvalue weighted by Crippen LogP contribution is 2.25. The van der Waals surface area contributed by atoms with Gasteiger partial charge < -0.3 is 19.5 Å². The number of hydrogen-bond acceptors (Lipinski definition) is 6. The zero-order valence-corrected chi connectivity index (χ0v) is 13.6. The molecule has 0 saturated carbocycles. The lowest BCUT2D eigenvalue weighted by Gasteiger charge is -2.13. The largest absolute Gasteiger partial charge is 0.383 e. The molecular formula is C15H19N5O4. The molecule has 128 valence electrons. The first-order valence-corrected chi connectivity index (χ1v) is 7.62. The van der Waals surface area contributed by atoms with Gasteiger partial charge in [-0.25, -0.2) is 0 Å². The minimum absolute atomic E-state index is 0.0993. The first-order chi connectivity index (χ1) is 11.6. The molecule has 3 heterocycles. The Morgan fingerprint density at radius 2 is 2.38 bits per heavy atom. The Morgan fingerprint density at radius 1 is 1.54 bits per heavy atom. The molecule has 9 heteroatoms. The lowest BCUT2D eigenvalue weighted by Crippen LogP contribution is -2.28. The van der Waals surface area contributed by atoms with E-state index in [1.807, 2.05) is 0 Å². The second-order valence-corrected chi connectivity index (χ2v) is 5.67. The number of nitrogens with zero attached hydrogens (tertiary/aromatic N) is 4. The average Bonchev–Trinajstić information content (AvgIpc) is 3.25. The van der Waals surface area contributed by atoms with Gasteiger partial charge in [0.2, 0.25) is 11.8 Å². The number of amides is 2. The number of aryl methyl sites for hydroxylation is 1. The summed E-state index contributed by atoms with van der Waals surface area (Å²) in [6, 6.07) is 1.63. The zero-order chi connectivity index (χ0) is 17.1. The Balaban J connectivity index is 1.62. The van der Waals surface area contributed by atoms with Crippen LogP contribution in [0.1, 0.15) is 12.2 Å². The van der Waals surface area contributed by atoms with Gasteiger partial charge in [-0.1, -0.05) is 5.16 Å². The number of ether oxygens (including phenoxy) is 1. The molecule has 2 aromatic rings. The SMILES string of the molecule is COCCn1cc(N2C[C@@H](C(=O)Nc3cc(C)on3)CC2=O)cn1. The van der Waals surface area contributed by atoms with Crippen molar-refractivity contribution in [1.82, 2.24) is 14.9 Å². The molecular weight excluding hydrogens is 314 g/mol. The van der Waals surface area contributed by atoms with Crippen molar-refractivity contribution in [3.05, 3.63) is 24.2 Å². The number of nitrogens with one attached hydrogen (secondary N) is 1. The third-order valence-electron chi connectivity index (χ3n) is 3.83. The van der Waals surface area contributed by atoms with E-state index in [9.17, 15) is 9.59 Å². The van der Waals surface area contributed by atoms with E-state index in [1.54, 1.807) is 42.1 Å². The van der Waals surface area contributed by atoms with Crippen LogP contribution in [0.15, 0.2) is 23.0 Å². The van der Waals surface area contributed by atoms with Crippen molar-refractivity contribution < 1.29 is 18.8 Å². The molecule has 0 spiro atoms. The van der Waals surface area contributed by atoms with Gasteiger partial charge in [0.05, 0.1) is 31.0 Å². The number of carbonyl (C=O) groups is 2. The predicted molar refractivity (Wildman–Crippen MR) is 84.4 cm³/mol. The highest BCUT2D eigenvalue weighted by atomic mass is 16.5. The maximum absolute atomic E-state index is 12.3. The molecule has 1 atom stereocenters. The highest BCUT2D eigenvalue weighted by molar-refractivity contribution is 6.03. The maximum Gasteiger partial charge on any atom is 0.231 e. The quantitative estimate of drug-likeness (QED) is 0.839. The topological polar surface area (TPSA) is 102 Å². The number of rotatable bonds is 6. The van der Waals surface area contributed by atoms with Crippen LogP contribution in [0.3, 0.4) is 0 Å². The van der Waals surface area contributed by atoms with Crippen LogP contribution in [0.25, 0.3) is 0 Å². The fraction of sp³-hybridized carbons (Fsp3) is 0.467. The van der Waals surface area contributed by atoms with Gasteiger partial charge in [0.25, 0.3) is 0 Å². The van der Waals surface area contributed by atoms with Gasteiger partial charge in [-0.15, -0.1) is 0 Å². The Bertz CT molecular complexity index is 738. The Labute approximate surface area is 138 Å². The molecule has 1 aliphatic heterocycles. The van der Waals surface area contributed by atoms with Gasteiger partial charge in [0, 0.05) is 32.3 Å². The van der Waals surface area contributed by atoms with Gasteiger partial charge in [-0.2, -0.15) is 5.10 Å². The number of methoxy groups -OCH3 is 1. The average molecular weight is 333 g/mol. The van der Waals surface area contributed by atoms with Crippen LogP contribution in [0.2, 0.25) is 0 Å². The van der Waals surface area contributed by atoms with E-state index in [4.69, 9.17) is 9.26 Å². The molecule has 1 N–H and O–H groups in total. The second-order valence-electron chi connectivity index (χ2n) is 5.67. The smallest absolute Gasteiger partial charge is 0.231 e. The summed E-state index contributed by atoms with van der Waals surface area (Å²) in [5, 5.41) is 10.6. The number of anilines is 2. The summed E-state index contributed by atoms with van der Waals surface area (Å²) in [5.41, 5.74) is 0.684. The standard InChI is InChI=1S/C15H19N5O4/c1-10-5-13(18-24-10)17-15(22)11-6-14(21)20(8-11)12-7-16-19(9-12)3-4-23-2/h5,7,9,11H,3-4,6,8H2,1-2H3,(H,17,18,22)/t11-/m0/s1. The first kappa shape index (κ1) is 16.2. The van der Waals surface area contributed by atoms with Gasteiger partial charge in [-0.3, -0.25) is 14.3 Å². The summed E-state index contributed by atoms with van der Waals surface area (Å²) in [6.07, 6.45) is 3.55. The van der Waals surface area contributed by atoms with Gasteiger partial charge >= 0.3 is 0 Å². The maximum atomic E-state index is 12.3. The van der Waals surface area contributed by atoms with E-state index in [2.05, 4.69) is 15.6 Å². The molecule has 0 radical (unpaired) electrons. The van der Waals surface area contributed by atoms with Gasteiger partial charge in [0.15, 0.2) is 5.82 Å². The molecule has 9 nitrogen and oxygen atoms in total. The van der Waals surface area contributed by atoms with Crippen molar-refractivity contribution in [2.45, 2.75) is 19.9 Å². The monoisotopic (exact) mass is 333 g/mol. The summed E-state index contributed by atoms with van der Waals surface area (Å²) < 4.78 is 11.6. The van der Waals surface area contributed by atoms with E-state index in [-0.39, 0.29) is 18.2 Å². The van der Waals surface area contributed by atoms with Crippen LogP contribution < -0.4 is 10.2 Å². The minimum Gasteiger partial charge on any atom is -0.383 e. The van der Waals surface area contributed by atoms with Crippen LogP contribution in [0.4, 0.5) is 11.5 Å². The van der Waals surface area contributed by atoms with E-state index in [0.717, 1.165) is 0 Å². The summed E-state index contributed by atoms with van der Waals surface area (Å²) in [7, 11) is 1.62. The first-order valence-electron chi connectivity index (χ1n) is 7.62. The molecule has 1 saturated heterocycles. The van der Waals surface area contributed by atoms with Crippen LogP contribution in [0.5, 0.6) is 0 Å². The van der Waals surface area contributed by atoms with Crippen LogP contribution in [0, 0.1) is 12.8 Å².